The largest absolute Gasteiger partial charge is 0.392 e. The van der Waals surface area contributed by atoms with Crippen LogP contribution in [0.5, 0.6) is 0 Å². The van der Waals surface area contributed by atoms with Crippen molar-refractivity contribution in [3.63, 3.8) is 0 Å². The molecule has 0 aromatic carbocycles. The summed E-state index contributed by atoms with van der Waals surface area (Å²) in [6, 6.07) is 0. The molecule has 4 nitrogen and oxygen atoms in total. The molecular formula is C13H28O4S. The van der Waals surface area contributed by atoms with Gasteiger partial charge < -0.3 is 5.11 Å². The molecule has 110 valence electrons. The first-order valence-corrected chi connectivity index (χ1v) is 8.58. The lowest BCUT2D eigenvalue weighted by atomic mass is 10.0. The summed E-state index contributed by atoms with van der Waals surface area (Å²) in [6.45, 7) is 4.13. The number of unbranched alkanes of at least 4 members (excludes halogenated alkanes) is 5. The Morgan fingerprint density at radius 3 is 1.89 bits per heavy atom. The molecule has 0 aliphatic rings. The Morgan fingerprint density at radius 2 is 1.39 bits per heavy atom. The molecule has 5 heteroatoms. The van der Waals surface area contributed by atoms with Crippen LogP contribution in [0.1, 0.15) is 71.6 Å². The van der Waals surface area contributed by atoms with Gasteiger partial charge in [0.25, 0.3) is 10.1 Å². The summed E-state index contributed by atoms with van der Waals surface area (Å²) in [7, 11) is -4.14. The number of rotatable bonds is 11. The summed E-state index contributed by atoms with van der Waals surface area (Å²) < 4.78 is 31.7. The summed E-state index contributed by atoms with van der Waals surface area (Å²) >= 11 is 0. The van der Waals surface area contributed by atoms with E-state index in [-0.39, 0.29) is 0 Å². The third-order valence-electron chi connectivity index (χ3n) is 3.26. The van der Waals surface area contributed by atoms with E-state index < -0.39 is 21.5 Å². The second-order valence-corrected chi connectivity index (χ2v) is 6.60. The molecule has 2 unspecified atom stereocenters. The number of hydrogen-bond donors (Lipinski definition) is 2. The average molecular weight is 280 g/mol. The van der Waals surface area contributed by atoms with Gasteiger partial charge in [0, 0.05) is 0 Å². The van der Waals surface area contributed by atoms with Gasteiger partial charge in [0.2, 0.25) is 0 Å². The van der Waals surface area contributed by atoms with Crippen LogP contribution >= 0.6 is 0 Å². The first-order chi connectivity index (χ1) is 8.43. The van der Waals surface area contributed by atoms with Gasteiger partial charge in [0.1, 0.15) is 5.25 Å². The highest BCUT2D eigenvalue weighted by Gasteiger charge is 2.29. The minimum absolute atomic E-state index is 0.349. The van der Waals surface area contributed by atoms with Gasteiger partial charge in [-0.15, -0.1) is 0 Å². The van der Waals surface area contributed by atoms with Crippen molar-refractivity contribution in [1.29, 1.82) is 0 Å². The minimum atomic E-state index is -4.14. The monoisotopic (exact) mass is 280 g/mol. The van der Waals surface area contributed by atoms with Gasteiger partial charge in [-0.25, -0.2) is 0 Å². The van der Waals surface area contributed by atoms with Crippen molar-refractivity contribution in [2.75, 3.05) is 0 Å². The molecule has 0 saturated carbocycles. The summed E-state index contributed by atoms with van der Waals surface area (Å²) in [4.78, 5) is 0. The van der Waals surface area contributed by atoms with E-state index in [0.29, 0.717) is 12.8 Å². The SMILES string of the molecule is CCCCCCC(O)C(CCCCC)S(=O)(=O)O. The van der Waals surface area contributed by atoms with Crippen molar-refractivity contribution >= 4 is 10.1 Å². The van der Waals surface area contributed by atoms with Crippen LogP contribution in [0.2, 0.25) is 0 Å². The molecule has 0 heterocycles. The Morgan fingerprint density at radius 1 is 0.889 bits per heavy atom. The van der Waals surface area contributed by atoms with Gasteiger partial charge in [0.05, 0.1) is 6.10 Å². The molecule has 0 aromatic heterocycles. The van der Waals surface area contributed by atoms with Crippen LogP contribution in [0.3, 0.4) is 0 Å². The van der Waals surface area contributed by atoms with Crippen LogP contribution in [0.15, 0.2) is 0 Å². The van der Waals surface area contributed by atoms with E-state index in [9.17, 15) is 13.5 Å². The lowest BCUT2D eigenvalue weighted by Gasteiger charge is -2.20. The van der Waals surface area contributed by atoms with Gasteiger partial charge in [-0.3, -0.25) is 4.55 Å². The molecule has 18 heavy (non-hydrogen) atoms. The van der Waals surface area contributed by atoms with Crippen molar-refractivity contribution in [3.05, 3.63) is 0 Å². The Kier molecular flexibility index (Phi) is 9.68. The van der Waals surface area contributed by atoms with Crippen LogP contribution in [0, 0.1) is 0 Å². The second-order valence-electron chi connectivity index (χ2n) is 4.97. The van der Waals surface area contributed by atoms with Crippen LogP contribution in [-0.4, -0.2) is 29.4 Å². The molecule has 0 bridgehead atoms. The van der Waals surface area contributed by atoms with Crippen molar-refractivity contribution in [1.82, 2.24) is 0 Å². The third-order valence-corrected chi connectivity index (χ3v) is 4.57. The zero-order valence-electron chi connectivity index (χ0n) is 11.6. The van der Waals surface area contributed by atoms with E-state index in [1.807, 2.05) is 6.92 Å². The molecule has 0 amide bonds. The maximum absolute atomic E-state index is 11.3. The molecule has 0 radical (unpaired) electrons. The van der Waals surface area contributed by atoms with Crippen LogP contribution in [-0.2, 0) is 10.1 Å². The first-order valence-electron chi connectivity index (χ1n) is 7.07. The lowest BCUT2D eigenvalue weighted by Crippen LogP contribution is -2.33. The Bertz CT molecular complexity index is 287. The predicted octanol–water partition coefficient (Wildman–Crippen LogP) is 3.15. The second kappa shape index (κ2) is 9.75. The standard InChI is InChI=1S/C13H28O4S/c1-3-5-7-9-10-12(14)13(18(15,16)17)11-8-6-4-2/h12-14H,3-11H2,1-2H3,(H,15,16,17). The van der Waals surface area contributed by atoms with E-state index in [2.05, 4.69) is 6.92 Å². The summed E-state index contributed by atoms with van der Waals surface area (Å²) in [5.74, 6) is 0. The van der Waals surface area contributed by atoms with Gasteiger partial charge in [-0.1, -0.05) is 58.8 Å². The maximum atomic E-state index is 11.3. The Hall–Kier alpha value is -0.130. The molecule has 0 aliphatic carbocycles. The van der Waals surface area contributed by atoms with Crippen molar-refractivity contribution < 1.29 is 18.1 Å². The van der Waals surface area contributed by atoms with Gasteiger partial charge in [0.15, 0.2) is 0 Å². The van der Waals surface area contributed by atoms with E-state index in [1.54, 1.807) is 0 Å². The summed E-state index contributed by atoms with van der Waals surface area (Å²) in [5.41, 5.74) is 0. The lowest BCUT2D eigenvalue weighted by molar-refractivity contribution is 0.146. The molecule has 0 spiro atoms. The van der Waals surface area contributed by atoms with Gasteiger partial charge in [-0.05, 0) is 12.8 Å². The highest BCUT2D eigenvalue weighted by molar-refractivity contribution is 7.86. The quantitative estimate of drug-likeness (QED) is 0.450. The summed E-state index contributed by atoms with van der Waals surface area (Å²) in [6.07, 6.45) is 6.53. The Balaban J connectivity index is 4.20. The topological polar surface area (TPSA) is 74.6 Å². The van der Waals surface area contributed by atoms with E-state index in [0.717, 1.165) is 44.9 Å². The molecule has 0 aromatic rings. The van der Waals surface area contributed by atoms with Crippen molar-refractivity contribution in [3.8, 4) is 0 Å². The zero-order valence-corrected chi connectivity index (χ0v) is 12.5. The zero-order chi connectivity index (χ0) is 14.0. The van der Waals surface area contributed by atoms with Crippen LogP contribution in [0.4, 0.5) is 0 Å². The number of aliphatic hydroxyl groups excluding tert-OH is 1. The minimum Gasteiger partial charge on any atom is -0.392 e. The third kappa shape index (κ3) is 8.06. The fourth-order valence-corrected chi connectivity index (χ4v) is 3.10. The molecule has 2 N–H and O–H groups in total. The number of hydrogen-bond acceptors (Lipinski definition) is 3. The normalized spacial score (nSPS) is 15.6. The molecule has 0 saturated heterocycles. The first kappa shape index (κ1) is 17.9. The summed E-state index contributed by atoms with van der Waals surface area (Å²) in [5, 5.41) is 8.90. The molecule has 0 fully saturated rings. The molecule has 2 atom stereocenters. The van der Waals surface area contributed by atoms with Crippen molar-refractivity contribution in [2.45, 2.75) is 83.0 Å². The highest BCUT2D eigenvalue weighted by Crippen LogP contribution is 2.18. The highest BCUT2D eigenvalue weighted by atomic mass is 32.2. The Labute approximate surface area is 112 Å². The van der Waals surface area contributed by atoms with E-state index in [1.165, 1.54) is 0 Å². The smallest absolute Gasteiger partial charge is 0.270 e. The predicted molar refractivity (Wildman–Crippen MR) is 74.2 cm³/mol. The van der Waals surface area contributed by atoms with Gasteiger partial charge in [-0.2, -0.15) is 8.42 Å². The fourth-order valence-electron chi connectivity index (χ4n) is 2.10. The maximum Gasteiger partial charge on any atom is 0.270 e. The van der Waals surface area contributed by atoms with Crippen molar-refractivity contribution in [2.24, 2.45) is 0 Å². The van der Waals surface area contributed by atoms with Crippen LogP contribution < -0.4 is 0 Å². The number of aliphatic hydroxyl groups is 1. The molecule has 0 rings (SSSR count). The fraction of sp³-hybridized carbons (Fsp3) is 1.00. The average Bonchev–Trinajstić information content (AvgIpc) is 2.28. The molecular weight excluding hydrogens is 252 g/mol. The van der Waals surface area contributed by atoms with Gasteiger partial charge >= 0.3 is 0 Å². The molecule has 0 aliphatic heterocycles. The van der Waals surface area contributed by atoms with Crippen LogP contribution in [0.25, 0.3) is 0 Å². The van der Waals surface area contributed by atoms with E-state index in [4.69, 9.17) is 4.55 Å². The van der Waals surface area contributed by atoms with E-state index >= 15 is 0 Å².